The molecule has 0 aliphatic heterocycles. The molecule has 33 heavy (non-hydrogen) atoms. The number of carboxylic acid groups (broad SMARTS) is 1. The van der Waals surface area contributed by atoms with Gasteiger partial charge < -0.3 is 10.2 Å². The molecule has 1 heterocycles. The van der Waals surface area contributed by atoms with Crippen LogP contribution in [0.15, 0.2) is 54.6 Å². The monoisotopic (exact) mass is 470 g/mol. The van der Waals surface area contributed by atoms with Gasteiger partial charge in [0.25, 0.3) is 5.91 Å². The van der Waals surface area contributed by atoms with E-state index in [0.29, 0.717) is 5.02 Å². The molecule has 0 spiro atoms. The Morgan fingerprint density at radius 2 is 1.91 bits per heavy atom. The van der Waals surface area contributed by atoms with Crippen LogP contribution in [-0.4, -0.2) is 49.9 Å². The van der Waals surface area contributed by atoms with E-state index >= 15 is 0 Å². The molecule has 9 heteroatoms. The van der Waals surface area contributed by atoms with Gasteiger partial charge in [-0.1, -0.05) is 61.3 Å². The second kappa shape index (κ2) is 11.6. The third kappa shape index (κ3) is 7.15. The Morgan fingerprint density at radius 3 is 2.58 bits per heavy atom. The third-order valence-electron chi connectivity index (χ3n) is 5.09. The predicted molar refractivity (Wildman–Crippen MR) is 126 cm³/mol. The fourth-order valence-corrected chi connectivity index (χ4v) is 3.49. The number of aliphatic hydroxyl groups is 1. The number of benzene rings is 2. The van der Waals surface area contributed by atoms with E-state index in [1.165, 1.54) is 5.01 Å². The number of aromatic amines is 1. The topological polar surface area (TPSA) is 119 Å². The highest BCUT2D eigenvalue weighted by Crippen LogP contribution is 2.23. The van der Waals surface area contributed by atoms with Gasteiger partial charge in [0.05, 0.1) is 6.54 Å². The number of unbranched alkanes of at least 4 members (excludes halogenated alkanes) is 1. The standard InChI is InChI=1S/C24H27ClN4O4/c1-2-3-7-20-13-21(27-26-20)23(31)28-29(15-22(30)24(32)33)14-16-8-10-17(11-9-16)18-5-4-6-19(25)12-18/h4-6,8-13,22,30H,2-3,7,14-15H2,1H3,(H,26,27)(H,28,31)(H,32,33). The molecular weight excluding hydrogens is 444 g/mol. The van der Waals surface area contributed by atoms with Crippen LogP contribution >= 0.6 is 11.6 Å². The molecule has 0 saturated heterocycles. The number of aliphatic carboxylic acids is 1. The van der Waals surface area contributed by atoms with Crippen molar-refractivity contribution in [1.82, 2.24) is 20.6 Å². The first kappa shape index (κ1) is 24.4. The summed E-state index contributed by atoms with van der Waals surface area (Å²) in [4.78, 5) is 23.8. The average molecular weight is 471 g/mol. The molecule has 1 amide bonds. The molecule has 4 N–H and O–H groups in total. The quantitative estimate of drug-likeness (QED) is 0.317. The number of nitrogens with one attached hydrogen (secondary N) is 2. The Balaban J connectivity index is 1.71. The van der Waals surface area contributed by atoms with E-state index in [1.54, 1.807) is 12.1 Å². The summed E-state index contributed by atoms with van der Waals surface area (Å²) in [5.41, 5.74) is 6.48. The van der Waals surface area contributed by atoms with Crippen molar-refractivity contribution in [3.8, 4) is 11.1 Å². The normalized spacial score (nSPS) is 12.0. The van der Waals surface area contributed by atoms with Gasteiger partial charge in [0.2, 0.25) is 0 Å². The molecule has 1 aromatic heterocycles. The number of aromatic nitrogens is 2. The van der Waals surface area contributed by atoms with Crippen molar-refractivity contribution < 1.29 is 19.8 Å². The van der Waals surface area contributed by atoms with Gasteiger partial charge in [-0.15, -0.1) is 0 Å². The average Bonchev–Trinajstić information content (AvgIpc) is 3.27. The summed E-state index contributed by atoms with van der Waals surface area (Å²) >= 11 is 6.07. The highest BCUT2D eigenvalue weighted by molar-refractivity contribution is 6.30. The third-order valence-corrected chi connectivity index (χ3v) is 5.32. The van der Waals surface area contributed by atoms with Crippen LogP contribution in [0.1, 0.15) is 41.5 Å². The SMILES string of the molecule is CCCCc1cc(C(=O)NN(Cc2ccc(-c3cccc(Cl)c3)cc2)CC(O)C(=O)O)n[nH]1. The number of carbonyl (C=O) groups excluding carboxylic acids is 1. The van der Waals surface area contributed by atoms with E-state index in [0.717, 1.165) is 41.6 Å². The molecule has 3 aromatic rings. The second-order valence-electron chi connectivity index (χ2n) is 7.76. The van der Waals surface area contributed by atoms with Gasteiger partial charge in [-0.05, 0) is 47.7 Å². The molecule has 3 rings (SSSR count). The fraction of sp³-hybridized carbons (Fsp3) is 0.292. The molecule has 2 aromatic carbocycles. The van der Waals surface area contributed by atoms with Crippen molar-refractivity contribution >= 4 is 23.5 Å². The zero-order valence-electron chi connectivity index (χ0n) is 18.3. The highest BCUT2D eigenvalue weighted by atomic mass is 35.5. The maximum Gasteiger partial charge on any atom is 0.333 e. The van der Waals surface area contributed by atoms with Crippen molar-refractivity contribution in [2.45, 2.75) is 38.8 Å². The number of aliphatic hydroxyl groups excluding tert-OH is 1. The summed E-state index contributed by atoms with van der Waals surface area (Å²) in [7, 11) is 0. The number of hydrazine groups is 1. The fourth-order valence-electron chi connectivity index (χ4n) is 3.30. The van der Waals surface area contributed by atoms with Crippen LogP contribution < -0.4 is 5.43 Å². The van der Waals surface area contributed by atoms with Gasteiger partial charge in [-0.3, -0.25) is 15.3 Å². The number of H-pyrrole nitrogens is 1. The minimum Gasteiger partial charge on any atom is -0.479 e. The van der Waals surface area contributed by atoms with Gasteiger partial charge in [-0.25, -0.2) is 9.80 Å². The first-order valence-corrected chi connectivity index (χ1v) is 11.1. The Hall–Kier alpha value is -3.20. The molecule has 0 saturated carbocycles. The van der Waals surface area contributed by atoms with E-state index in [2.05, 4.69) is 22.5 Å². The molecule has 1 atom stereocenters. The minimum atomic E-state index is -1.66. The van der Waals surface area contributed by atoms with Crippen molar-refractivity contribution in [2.75, 3.05) is 6.54 Å². The number of nitrogens with zero attached hydrogens (tertiary/aromatic N) is 2. The number of hydrogen-bond acceptors (Lipinski definition) is 5. The summed E-state index contributed by atoms with van der Waals surface area (Å²) in [6, 6.07) is 16.8. The molecule has 1 unspecified atom stereocenters. The lowest BCUT2D eigenvalue weighted by Crippen LogP contribution is -2.47. The zero-order chi connectivity index (χ0) is 23.8. The summed E-state index contributed by atoms with van der Waals surface area (Å²) < 4.78 is 0. The van der Waals surface area contributed by atoms with Crippen LogP contribution in [-0.2, 0) is 17.8 Å². The largest absolute Gasteiger partial charge is 0.479 e. The van der Waals surface area contributed by atoms with Gasteiger partial charge in [0.15, 0.2) is 11.8 Å². The molecule has 0 aliphatic rings. The lowest BCUT2D eigenvalue weighted by molar-refractivity contribution is -0.148. The van der Waals surface area contributed by atoms with Crippen molar-refractivity contribution in [1.29, 1.82) is 0 Å². The first-order chi connectivity index (χ1) is 15.9. The first-order valence-electron chi connectivity index (χ1n) is 10.7. The van der Waals surface area contributed by atoms with Gasteiger partial charge in [0, 0.05) is 17.3 Å². The summed E-state index contributed by atoms with van der Waals surface area (Å²) in [6.45, 7) is 1.99. The van der Waals surface area contributed by atoms with Crippen LogP contribution in [0.4, 0.5) is 0 Å². The lowest BCUT2D eigenvalue weighted by Gasteiger charge is -2.24. The molecule has 0 bridgehead atoms. The Labute approximate surface area is 197 Å². The Kier molecular flexibility index (Phi) is 8.59. The highest BCUT2D eigenvalue weighted by Gasteiger charge is 2.21. The van der Waals surface area contributed by atoms with E-state index in [4.69, 9.17) is 16.7 Å². The predicted octanol–water partition coefficient (Wildman–Crippen LogP) is 3.67. The van der Waals surface area contributed by atoms with E-state index in [9.17, 15) is 14.7 Å². The van der Waals surface area contributed by atoms with Crippen LogP contribution in [0.2, 0.25) is 5.02 Å². The van der Waals surface area contributed by atoms with Crippen molar-refractivity contribution in [3.05, 3.63) is 76.6 Å². The van der Waals surface area contributed by atoms with Crippen molar-refractivity contribution in [2.24, 2.45) is 0 Å². The number of rotatable bonds is 11. The molecular formula is C24H27ClN4O4. The summed E-state index contributed by atoms with van der Waals surface area (Å²) in [5.74, 6) is -1.85. The maximum absolute atomic E-state index is 12.7. The number of aryl methyl sites for hydroxylation is 1. The molecule has 8 nitrogen and oxygen atoms in total. The number of carbonyl (C=O) groups is 2. The molecule has 0 aliphatic carbocycles. The van der Waals surface area contributed by atoms with E-state index < -0.39 is 18.0 Å². The minimum absolute atomic E-state index is 0.193. The Bertz CT molecular complexity index is 1080. The smallest absolute Gasteiger partial charge is 0.333 e. The second-order valence-corrected chi connectivity index (χ2v) is 8.20. The van der Waals surface area contributed by atoms with E-state index in [1.807, 2.05) is 42.5 Å². The lowest BCUT2D eigenvalue weighted by atomic mass is 10.0. The van der Waals surface area contributed by atoms with Gasteiger partial charge in [0.1, 0.15) is 0 Å². The van der Waals surface area contributed by atoms with Gasteiger partial charge >= 0.3 is 5.97 Å². The summed E-state index contributed by atoms with van der Waals surface area (Å²) in [6.07, 6.45) is 1.13. The molecule has 174 valence electrons. The van der Waals surface area contributed by atoms with Crippen LogP contribution in [0.25, 0.3) is 11.1 Å². The van der Waals surface area contributed by atoms with E-state index in [-0.39, 0.29) is 18.8 Å². The maximum atomic E-state index is 12.7. The number of hydrogen-bond donors (Lipinski definition) is 4. The number of halogens is 1. The summed E-state index contributed by atoms with van der Waals surface area (Å²) in [5, 5.41) is 27.9. The number of amides is 1. The van der Waals surface area contributed by atoms with Gasteiger partial charge in [-0.2, -0.15) is 5.10 Å². The van der Waals surface area contributed by atoms with Crippen LogP contribution in [0.3, 0.4) is 0 Å². The zero-order valence-corrected chi connectivity index (χ0v) is 19.0. The molecule has 0 fully saturated rings. The van der Waals surface area contributed by atoms with Crippen LogP contribution in [0.5, 0.6) is 0 Å². The Morgan fingerprint density at radius 1 is 1.15 bits per heavy atom. The van der Waals surface area contributed by atoms with Crippen molar-refractivity contribution in [3.63, 3.8) is 0 Å². The van der Waals surface area contributed by atoms with Crippen LogP contribution in [0, 0.1) is 0 Å². The number of carboxylic acids is 1. The molecule has 0 radical (unpaired) electrons.